The molecule has 2 unspecified atom stereocenters. The van der Waals surface area contributed by atoms with E-state index in [1.54, 1.807) is 0 Å². The molecule has 3 heteroatoms. The summed E-state index contributed by atoms with van der Waals surface area (Å²) in [6, 6.07) is 3.28. The minimum Gasteiger partial charge on any atom is -0.300 e. The summed E-state index contributed by atoms with van der Waals surface area (Å²) in [5, 5.41) is 12.7. The van der Waals surface area contributed by atoms with E-state index in [2.05, 4.69) is 37.1 Å². The minimum absolute atomic E-state index is 0.295. The molecule has 1 fully saturated rings. The minimum atomic E-state index is -0.295. The van der Waals surface area contributed by atoms with Gasteiger partial charge in [0.05, 0.1) is 6.07 Å². The zero-order valence-electron chi connectivity index (χ0n) is 12.3. The number of hydrogen-bond acceptors (Lipinski definition) is 3. The lowest BCUT2D eigenvalue weighted by atomic mass is 9.92. The summed E-state index contributed by atoms with van der Waals surface area (Å²) in [6.07, 6.45) is 6.98. The van der Waals surface area contributed by atoms with Crippen molar-refractivity contribution in [1.82, 2.24) is 10.2 Å². The van der Waals surface area contributed by atoms with Crippen molar-refractivity contribution in [1.29, 1.82) is 5.26 Å². The Morgan fingerprint density at radius 1 is 1.39 bits per heavy atom. The van der Waals surface area contributed by atoms with Gasteiger partial charge in [0.25, 0.3) is 0 Å². The fourth-order valence-corrected chi connectivity index (χ4v) is 3.14. The average Bonchev–Trinajstić information content (AvgIpc) is 2.85. The van der Waals surface area contributed by atoms with Gasteiger partial charge in [0, 0.05) is 6.04 Å². The highest BCUT2D eigenvalue weighted by Gasteiger charge is 2.27. The number of nitrogens with one attached hydrogen (secondary N) is 1. The molecule has 1 aliphatic heterocycles. The molecule has 1 heterocycles. The van der Waals surface area contributed by atoms with Crippen LogP contribution in [-0.4, -0.2) is 36.1 Å². The lowest BCUT2D eigenvalue weighted by molar-refractivity contribution is 0.232. The Bertz CT molecular complexity index is 271. The van der Waals surface area contributed by atoms with Gasteiger partial charge in [-0.1, -0.05) is 20.8 Å². The number of likely N-dealkylation sites (tertiary alicyclic amines) is 1. The summed E-state index contributed by atoms with van der Waals surface area (Å²) in [7, 11) is 0. The van der Waals surface area contributed by atoms with E-state index in [1.165, 1.54) is 25.8 Å². The Morgan fingerprint density at radius 3 is 2.72 bits per heavy atom. The summed E-state index contributed by atoms with van der Waals surface area (Å²) in [5.74, 6) is 0. The van der Waals surface area contributed by atoms with Crippen molar-refractivity contribution in [3.05, 3.63) is 0 Å². The first-order valence-corrected chi connectivity index (χ1v) is 7.61. The lowest BCUT2D eigenvalue weighted by Gasteiger charge is -2.28. The van der Waals surface area contributed by atoms with E-state index in [4.69, 9.17) is 0 Å². The van der Waals surface area contributed by atoms with Crippen LogP contribution in [0.15, 0.2) is 0 Å². The third-order valence-electron chi connectivity index (χ3n) is 4.35. The molecule has 1 aliphatic rings. The van der Waals surface area contributed by atoms with Crippen molar-refractivity contribution in [3.8, 4) is 6.07 Å². The normalized spacial score (nSPS) is 23.8. The molecule has 1 N–H and O–H groups in total. The Hall–Kier alpha value is -0.590. The van der Waals surface area contributed by atoms with Crippen molar-refractivity contribution in [2.24, 2.45) is 0 Å². The van der Waals surface area contributed by atoms with Crippen LogP contribution in [0, 0.1) is 11.3 Å². The number of nitrogens with zero attached hydrogens (tertiary/aromatic N) is 2. The maximum atomic E-state index is 9.37. The summed E-state index contributed by atoms with van der Waals surface area (Å²) >= 11 is 0. The average molecular weight is 251 g/mol. The summed E-state index contributed by atoms with van der Waals surface area (Å²) in [5.41, 5.74) is -0.295. The van der Waals surface area contributed by atoms with Crippen LogP contribution in [-0.2, 0) is 0 Å². The van der Waals surface area contributed by atoms with Gasteiger partial charge in [-0.05, 0) is 58.2 Å². The van der Waals surface area contributed by atoms with Crippen LogP contribution in [0.4, 0.5) is 0 Å². The maximum absolute atomic E-state index is 9.37. The molecule has 0 aromatic carbocycles. The van der Waals surface area contributed by atoms with Gasteiger partial charge in [-0.15, -0.1) is 0 Å². The molecule has 0 aliphatic carbocycles. The molecule has 0 radical (unpaired) electrons. The molecule has 0 saturated carbocycles. The number of rotatable bonds is 8. The predicted octanol–water partition coefficient (Wildman–Crippen LogP) is 2.92. The van der Waals surface area contributed by atoms with Crippen molar-refractivity contribution in [3.63, 3.8) is 0 Å². The van der Waals surface area contributed by atoms with Crippen molar-refractivity contribution in [2.45, 2.75) is 70.9 Å². The van der Waals surface area contributed by atoms with E-state index in [0.29, 0.717) is 0 Å². The smallest absolute Gasteiger partial charge is 0.106 e. The SMILES string of the molecule is CCNC(C#N)(CC)CCCN1CCCC1CC. The molecule has 3 nitrogen and oxygen atoms in total. The van der Waals surface area contributed by atoms with E-state index in [0.717, 1.165) is 38.4 Å². The van der Waals surface area contributed by atoms with E-state index in [1.807, 2.05) is 0 Å². The molecule has 0 aromatic rings. The molecule has 104 valence electrons. The maximum Gasteiger partial charge on any atom is 0.106 e. The van der Waals surface area contributed by atoms with Crippen LogP contribution >= 0.6 is 0 Å². The topological polar surface area (TPSA) is 39.1 Å². The van der Waals surface area contributed by atoms with Crippen LogP contribution in [0.2, 0.25) is 0 Å². The van der Waals surface area contributed by atoms with Gasteiger partial charge in [-0.25, -0.2) is 0 Å². The van der Waals surface area contributed by atoms with Crippen LogP contribution in [0.25, 0.3) is 0 Å². The van der Waals surface area contributed by atoms with Gasteiger partial charge in [0.15, 0.2) is 0 Å². The third kappa shape index (κ3) is 3.96. The van der Waals surface area contributed by atoms with Gasteiger partial charge in [0.1, 0.15) is 5.54 Å². The molecule has 0 bridgehead atoms. The van der Waals surface area contributed by atoms with Crippen molar-refractivity contribution < 1.29 is 0 Å². The van der Waals surface area contributed by atoms with E-state index < -0.39 is 0 Å². The second-order valence-electron chi connectivity index (χ2n) is 5.42. The van der Waals surface area contributed by atoms with Gasteiger partial charge < -0.3 is 4.90 Å². The fourth-order valence-electron chi connectivity index (χ4n) is 3.14. The van der Waals surface area contributed by atoms with Crippen LogP contribution in [0.3, 0.4) is 0 Å². The zero-order chi connectivity index (χ0) is 13.4. The zero-order valence-corrected chi connectivity index (χ0v) is 12.3. The highest BCUT2D eigenvalue weighted by molar-refractivity contribution is 5.06. The molecule has 0 aromatic heterocycles. The second-order valence-corrected chi connectivity index (χ2v) is 5.42. The van der Waals surface area contributed by atoms with Crippen molar-refractivity contribution in [2.75, 3.05) is 19.6 Å². The Labute approximate surface area is 113 Å². The molecule has 0 spiro atoms. The van der Waals surface area contributed by atoms with Crippen molar-refractivity contribution >= 4 is 0 Å². The monoisotopic (exact) mass is 251 g/mol. The molecular formula is C15H29N3. The third-order valence-corrected chi connectivity index (χ3v) is 4.35. The van der Waals surface area contributed by atoms with E-state index >= 15 is 0 Å². The number of hydrogen-bond donors (Lipinski definition) is 1. The first-order valence-electron chi connectivity index (χ1n) is 7.61. The van der Waals surface area contributed by atoms with Crippen LogP contribution in [0.1, 0.15) is 59.3 Å². The summed E-state index contributed by atoms with van der Waals surface area (Å²) < 4.78 is 0. The molecule has 1 saturated heterocycles. The second kappa shape index (κ2) is 7.76. The van der Waals surface area contributed by atoms with Gasteiger partial charge >= 0.3 is 0 Å². The largest absolute Gasteiger partial charge is 0.300 e. The van der Waals surface area contributed by atoms with Gasteiger partial charge in [-0.2, -0.15) is 5.26 Å². The first kappa shape index (κ1) is 15.5. The highest BCUT2D eigenvalue weighted by atomic mass is 15.2. The predicted molar refractivity (Wildman–Crippen MR) is 76.4 cm³/mol. The highest BCUT2D eigenvalue weighted by Crippen LogP contribution is 2.22. The molecule has 0 amide bonds. The Kier molecular flexibility index (Phi) is 6.67. The quantitative estimate of drug-likeness (QED) is 0.721. The summed E-state index contributed by atoms with van der Waals surface area (Å²) in [4.78, 5) is 2.61. The molecule has 2 atom stereocenters. The van der Waals surface area contributed by atoms with E-state index in [-0.39, 0.29) is 5.54 Å². The fraction of sp³-hybridized carbons (Fsp3) is 0.933. The molecular weight excluding hydrogens is 222 g/mol. The summed E-state index contributed by atoms with van der Waals surface area (Å²) in [6.45, 7) is 9.76. The van der Waals surface area contributed by atoms with E-state index in [9.17, 15) is 5.26 Å². The van der Waals surface area contributed by atoms with Gasteiger partial charge in [-0.3, -0.25) is 5.32 Å². The molecule has 18 heavy (non-hydrogen) atoms. The Morgan fingerprint density at radius 2 is 2.17 bits per heavy atom. The molecule has 1 rings (SSSR count). The van der Waals surface area contributed by atoms with Gasteiger partial charge in [0.2, 0.25) is 0 Å². The standard InChI is InChI=1S/C15H29N3/c1-4-14-9-7-11-18(14)12-8-10-15(5-2,13-16)17-6-3/h14,17H,4-12H2,1-3H3. The Balaban J connectivity index is 2.37. The van der Waals surface area contributed by atoms with Crippen LogP contribution < -0.4 is 5.32 Å². The number of nitriles is 1. The van der Waals surface area contributed by atoms with Crippen LogP contribution in [0.5, 0.6) is 0 Å². The first-order chi connectivity index (χ1) is 8.71. The lowest BCUT2D eigenvalue weighted by Crippen LogP contribution is -2.44.